The molecule has 1 aliphatic carbocycles. The maximum Gasteiger partial charge on any atom is 0.174 e. The molecular formula is C15H22N2O2S. The van der Waals surface area contributed by atoms with Gasteiger partial charge in [-0.25, -0.2) is 0 Å². The highest BCUT2D eigenvalue weighted by Gasteiger charge is 2.22. The average Bonchev–Trinajstić information content (AvgIpc) is 2.48. The van der Waals surface area contributed by atoms with Gasteiger partial charge in [-0.05, 0) is 50.0 Å². The molecule has 0 saturated heterocycles. The number of amidine groups is 1. The standard InChI is InChI=1S/C15H22N2O2S/c1-10-6-8-11(9-7-10)19-12-4-3-5-13(20-2)14(12)15(16)17-18/h3-5,10-11,18H,6-9H2,1-2H3,(H2,16,17). The molecule has 0 heterocycles. The topological polar surface area (TPSA) is 67.8 Å². The van der Waals surface area contributed by atoms with Crippen LogP contribution in [0.15, 0.2) is 28.3 Å². The largest absolute Gasteiger partial charge is 0.490 e. The molecule has 0 aromatic heterocycles. The zero-order chi connectivity index (χ0) is 14.5. The molecule has 1 fully saturated rings. The van der Waals surface area contributed by atoms with Crippen molar-refractivity contribution in [2.45, 2.75) is 43.6 Å². The average molecular weight is 294 g/mol. The van der Waals surface area contributed by atoms with E-state index in [0.29, 0.717) is 11.3 Å². The normalized spacial score (nSPS) is 23.6. The zero-order valence-corrected chi connectivity index (χ0v) is 12.8. The molecule has 0 unspecified atom stereocenters. The van der Waals surface area contributed by atoms with Crippen molar-refractivity contribution in [1.82, 2.24) is 0 Å². The summed E-state index contributed by atoms with van der Waals surface area (Å²) in [4.78, 5) is 0.960. The van der Waals surface area contributed by atoms with Crippen molar-refractivity contribution in [3.05, 3.63) is 23.8 Å². The first kappa shape index (κ1) is 15.0. The molecule has 3 N–H and O–H groups in total. The molecule has 1 saturated carbocycles. The number of hydrogen-bond acceptors (Lipinski definition) is 4. The Morgan fingerprint density at radius 1 is 1.35 bits per heavy atom. The number of oxime groups is 1. The Labute approximate surface area is 124 Å². The number of thioether (sulfide) groups is 1. The van der Waals surface area contributed by atoms with E-state index < -0.39 is 0 Å². The van der Waals surface area contributed by atoms with Crippen molar-refractivity contribution in [1.29, 1.82) is 0 Å². The van der Waals surface area contributed by atoms with Gasteiger partial charge in [0, 0.05) is 4.90 Å². The molecule has 2 rings (SSSR count). The van der Waals surface area contributed by atoms with Crippen molar-refractivity contribution in [3.63, 3.8) is 0 Å². The molecule has 1 aromatic rings. The summed E-state index contributed by atoms with van der Waals surface area (Å²) < 4.78 is 6.11. The third-order valence-corrected chi connectivity index (χ3v) is 4.61. The monoisotopic (exact) mass is 294 g/mol. The number of rotatable bonds is 4. The molecule has 0 amide bonds. The van der Waals surface area contributed by atoms with Gasteiger partial charge in [-0.2, -0.15) is 0 Å². The minimum absolute atomic E-state index is 0.106. The highest BCUT2D eigenvalue weighted by Crippen LogP contribution is 2.32. The molecule has 0 spiro atoms. The maximum atomic E-state index is 8.97. The van der Waals surface area contributed by atoms with Crippen molar-refractivity contribution in [2.75, 3.05) is 6.26 Å². The van der Waals surface area contributed by atoms with Gasteiger partial charge in [0.2, 0.25) is 0 Å². The fourth-order valence-electron chi connectivity index (χ4n) is 2.61. The van der Waals surface area contributed by atoms with Crippen LogP contribution in [-0.4, -0.2) is 23.4 Å². The van der Waals surface area contributed by atoms with Crippen LogP contribution in [0.25, 0.3) is 0 Å². The van der Waals surface area contributed by atoms with Crippen LogP contribution in [0, 0.1) is 5.92 Å². The summed E-state index contributed by atoms with van der Waals surface area (Å²) in [6.07, 6.45) is 6.74. The van der Waals surface area contributed by atoms with Gasteiger partial charge in [0.15, 0.2) is 5.84 Å². The summed E-state index contributed by atoms with van der Waals surface area (Å²) in [6, 6.07) is 5.79. The van der Waals surface area contributed by atoms with E-state index in [2.05, 4.69) is 12.1 Å². The van der Waals surface area contributed by atoms with Crippen LogP contribution < -0.4 is 10.5 Å². The van der Waals surface area contributed by atoms with Crippen LogP contribution in [0.2, 0.25) is 0 Å². The predicted octanol–water partition coefficient (Wildman–Crippen LogP) is 3.46. The Kier molecular flexibility index (Phi) is 5.17. The summed E-state index contributed by atoms with van der Waals surface area (Å²) in [6.45, 7) is 2.28. The van der Waals surface area contributed by atoms with Crippen LogP contribution in [-0.2, 0) is 0 Å². The summed E-state index contributed by atoms with van der Waals surface area (Å²) in [5, 5.41) is 12.1. The molecule has 20 heavy (non-hydrogen) atoms. The van der Waals surface area contributed by atoms with Gasteiger partial charge in [-0.3, -0.25) is 0 Å². The van der Waals surface area contributed by atoms with Crippen molar-refractivity contribution >= 4 is 17.6 Å². The van der Waals surface area contributed by atoms with Gasteiger partial charge in [0.1, 0.15) is 5.75 Å². The quantitative estimate of drug-likeness (QED) is 0.293. The molecule has 0 atom stereocenters. The van der Waals surface area contributed by atoms with E-state index in [1.807, 2.05) is 24.5 Å². The van der Waals surface area contributed by atoms with Gasteiger partial charge in [0.25, 0.3) is 0 Å². The third kappa shape index (κ3) is 3.39. The van der Waals surface area contributed by atoms with Gasteiger partial charge in [-0.1, -0.05) is 18.1 Å². The van der Waals surface area contributed by atoms with E-state index in [-0.39, 0.29) is 11.9 Å². The van der Waals surface area contributed by atoms with Gasteiger partial charge >= 0.3 is 0 Å². The number of benzene rings is 1. The minimum atomic E-state index is 0.106. The lowest BCUT2D eigenvalue weighted by atomic mass is 9.89. The number of hydrogen-bond donors (Lipinski definition) is 2. The Hall–Kier alpha value is -1.36. The Balaban J connectivity index is 2.22. The van der Waals surface area contributed by atoms with Crippen molar-refractivity contribution in [3.8, 4) is 5.75 Å². The van der Waals surface area contributed by atoms with E-state index in [9.17, 15) is 0 Å². The second kappa shape index (κ2) is 6.88. The van der Waals surface area contributed by atoms with Crippen LogP contribution in [0.3, 0.4) is 0 Å². The summed E-state index contributed by atoms with van der Waals surface area (Å²) in [7, 11) is 0. The third-order valence-electron chi connectivity index (χ3n) is 3.83. The van der Waals surface area contributed by atoms with E-state index in [1.165, 1.54) is 12.8 Å². The van der Waals surface area contributed by atoms with Crippen LogP contribution in [0.5, 0.6) is 5.75 Å². The molecule has 1 aliphatic rings. The summed E-state index contributed by atoms with van der Waals surface area (Å²) in [5.74, 6) is 1.61. The Morgan fingerprint density at radius 3 is 2.65 bits per heavy atom. The van der Waals surface area contributed by atoms with Gasteiger partial charge in [0.05, 0.1) is 11.7 Å². The fraction of sp³-hybridized carbons (Fsp3) is 0.533. The number of nitrogens with zero attached hydrogens (tertiary/aromatic N) is 1. The number of nitrogens with two attached hydrogens (primary N) is 1. The molecule has 0 bridgehead atoms. The number of ether oxygens (including phenoxy) is 1. The van der Waals surface area contributed by atoms with E-state index >= 15 is 0 Å². The predicted molar refractivity (Wildman–Crippen MR) is 82.8 cm³/mol. The summed E-state index contributed by atoms with van der Waals surface area (Å²) in [5.41, 5.74) is 6.50. The first-order chi connectivity index (χ1) is 9.65. The highest BCUT2D eigenvalue weighted by molar-refractivity contribution is 7.98. The van der Waals surface area contributed by atoms with Crippen LogP contribution in [0.1, 0.15) is 38.2 Å². The Bertz CT molecular complexity index is 483. The molecule has 1 aromatic carbocycles. The fourth-order valence-corrected chi connectivity index (χ4v) is 3.23. The van der Waals surface area contributed by atoms with Crippen molar-refractivity contribution < 1.29 is 9.94 Å². The molecule has 5 heteroatoms. The minimum Gasteiger partial charge on any atom is -0.490 e. The molecule has 4 nitrogen and oxygen atoms in total. The molecule has 110 valence electrons. The lowest BCUT2D eigenvalue weighted by Gasteiger charge is -2.28. The highest BCUT2D eigenvalue weighted by atomic mass is 32.2. The summed E-state index contributed by atoms with van der Waals surface area (Å²) >= 11 is 1.56. The van der Waals surface area contributed by atoms with E-state index in [0.717, 1.165) is 23.7 Å². The smallest absolute Gasteiger partial charge is 0.174 e. The second-order valence-electron chi connectivity index (χ2n) is 5.32. The van der Waals surface area contributed by atoms with E-state index in [1.54, 1.807) is 11.8 Å². The molecule has 0 radical (unpaired) electrons. The Morgan fingerprint density at radius 2 is 2.05 bits per heavy atom. The van der Waals surface area contributed by atoms with Gasteiger partial charge in [-0.15, -0.1) is 11.8 Å². The lowest BCUT2D eigenvalue weighted by molar-refractivity contribution is 0.135. The lowest BCUT2D eigenvalue weighted by Crippen LogP contribution is -2.25. The van der Waals surface area contributed by atoms with Crippen molar-refractivity contribution in [2.24, 2.45) is 16.8 Å². The SMILES string of the molecule is CSc1cccc(OC2CCC(C)CC2)c1/C(N)=N/O. The zero-order valence-electron chi connectivity index (χ0n) is 12.0. The first-order valence-corrected chi connectivity index (χ1v) is 8.19. The van der Waals surface area contributed by atoms with Crippen LogP contribution >= 0.6 is 11.8 Å². The second-order valence-corrected chi connectivity index (χ2v) is 6.17. The van der Waals surface area contributed by atoms with Crippen LogP contribution in [0.4, 0.5) is 0 Å². The van der Waals surface area contributed by atoms with E-state index in [4.69, 9.17) is 15.7 Å². The molecule has 0 aliphatic heterocycles. The van der Waals surface area contributed by atoms with Gasteiger partial charge < -0.3 is 15.7 Å². The molecular weight excluding hydrogens is 272 g/mol. The maximum absolute atomic E-state index is 8.97. The first-order valence-electron chi connectivity index (χ1n) is 6.97.